The molecule has 1 N–H and O–H groups in total. The van der Waals surface area contributed by atoms with Gasteiger partial charge in [0, 0.05) is 0 Å². The summed E-state index contributed by atoms with van der Waals surface area (Å²) in [6.45, 7) is 3.87. The van der Waals surface area contributed by atoms with Crippen molar-refractivity contribution < 1.29 is 5.11 Å². The smallest absolute Gasteiger partial charge is 0.112 e. The lowest BCUT2D eigenvalue weighted by Gasteiger charge is -2.04. The second kappa shape index (κ2) is 4.85. The summed E-state index contributed by atoms with van der Waals surface area (Å²) < 4.78 is 1.58. The maximum atomic E-state index is 9.65. The fourth-order valence-corrected chi connectivity index (χ4v) is 1.88. The van der Waals surface area contributed by atoms with E-state index in [1.54, 1.807) is 10.9 Å². The lowest BCUT2D eigenvalue weighted by molar-refractivity contribution is 0.169. The molecule has 1 unspecified atom stereocenters. The number of hydrogen-bond acceptors (Lipinski definition) is 3. The van der Waals surface area contributed by atoms with Gasteiger partial charge in [-0.3, -0.25) is 0 Å². The van der Waals surface area contributed by atoms with Gasteiger partial charge in [0.05, 0.1) is 23.0 Å². The number of halogens is 1. The second-order valence-corrected chi connectivity index (χ2v) is 4.37. The largest absolute Gasteiger partial charge is 0.387 e. The van der Waals surface area contributed by atoms with Crippen LogP contribution in [0.3, 0.4) is 0 Å². The van der Waals surface area contributed by atoms with E-state index in [4.69, 9.17) is 11.6 Å². The van der Waals surface area contributed by atoms with Crippen LogP contribution in [0.25, 0.3) is 5.69 Å². The lowest BCUT2D eigenvalue weighted by atomic mass is 10.2. The van der Waals surface area contributed by atoms with Gasteiger partial charge in [-0.2, -0.15) is 0 Å². The Morgan fingerprint density at radius 1 is 1.47 bits per heavy atom. The Balaban J connectivity index is 2.37. The molecule has 1 heterocycles. The van der Waals surface area contributed by atoms with Crippen LogP contribution in [-0.2, 0) is 0 Å². The van der Waals surface area contributed by atoms with E-state index in [1.165, 1.54) is 0 Å². The first-order chi connectivity index (χ1) is 8.11. The minimum absolute atomic E-state index is 0.559. The molecule has 2 rings (SSSR count). The van der Waals surface area contributed by atoms with Gasteiger partial charge in [-0.1, -0.05) is 29.8 Å². The van der Waals surface area contributed by atoms with Crippen molar-refractivity contribution in [2.75, 3.05) is 0 Å². The van der Waals surface area contributed by atoms with E-state index in [9.17, 15) is 5.11 Å². The maximum absolute atomic E-state index is 9.65. The first kappa shape index (κ1) is 12.1. The number of benzene rings is 1. The van der Waals surface area contributed by atoms with Crippen LogP contribution in [0.5, 0.6) is 0 Å². The van der Waals surface area contributed by atoms with Gasteiger partial charge in [0.15, 0.2) is 0 Å². The maximum Gasteiger partial charge on any atom is 0.112 e. The topological polar surface area (TPSA) is 50.9 Å². The molecule has 0 fully saturated rings. The first-order valence-corrected chi connectivity index (χ1v) is 5.86. The molecule has 0 radical (unpaired) electrons. The minimum Gasteiger partial charge on any atom is -0.387 e. The highest BCUT2D eigenvalue weighted by atomic mass is 35.5. The van der Waals surface area contributed by atoms with Crippen LogP contribution < -0.4 is 0 Å². The van der Waals surface area contributed by atoms with E-state index in [-0.39, 0.29) is 0 Å². The number of aromatic nitrogens is 3. The summed E-state index contributed by atoms with van der Waals surface area (Å²) in [4.78, 5) is 0. The van der Waals surface area contributed by atoms with Crippen molar-refractivity contribution >= 4 is 11.6 Å². The zero-order valence-electron chi connectivity index (χ0n) is 9.76. The van der Waals surface area contributed by atoms with Crippen molar-refractivity contribution in [2.24, 2.45) is 0 Å². The molecule has 0 aliphatic carbocycles. The summed E-state index contributed by atoms with van der Waals surface area (Å²) in [6.07, 6.45) is 1.73. The zero-order valence-corrected chi connectivity index (χ0v) is 10.5. The van der Waals surface area contributed by atoms with Crippen molar-refractivity contribution in [1.82, 2.24) is 15.0 Å². The van der Waals surface area contributed by atoms with Gasteiger partial charge in [-0.15, -0.1) is 5.10 Å². The number of nitrogens with zero attached hydrogens (tertiary/aromatic N) is 3. The first-order valence-electron chi connectivity index (χ1n) is 5.48. The molecular weight excluding hydrogens is 238 g/mol. The summed E-state index contributed by atoms with van der Waals surface area (Å²) in [7, 11) is 0. The van der Waals surface area contributed by atoms with E-state index in [2.05, 4.69) is 10.3 Å². The Labute approximate surface area is 105 Å². The average molecular weight is 252 g/mol. The molecule has 0 amide bonds. The molecule has 5 heteroatoms. The Morgan fingerprint density at radius 3 is 2.88 bits per heavy atom. The number of aryl methyl sites for hydroxylation is 1. The number of aliphatic hydroxyl groups is 1. The average Bonchev–Trinajstić information content (AvgIpc) is 2.77. The molecule has 0 saturated heterocycles. The molecule has 0 aliphatic rings. The highest BCUT2D eigenvalue weighted by Gasteiger charge is 2.11. The Kier molecular flexibility index (Phi) is 3.45. The van der Waals surface area contributed by atoms with Crippen LogP contribution in [0.4, 0.5) is 0 Å². The molecule has 2 aromatic rings. The molecule has 1 aromatic heterocycles. The van der Waals surface area contributed by atoms with E-state index in [1.807, 2.05) is 32.0 Å². The van der Waals surface area contributed by atoms with Crippen LogP contribution in [-0.4, -0.2) is 20.1 Å². The highest BCUT2D eigenvalue weighted by molar-refractivity contribution is 6.32. The summed E-state index contributed by atoms with van der Waals surface area (Å²) in [6, 6.07) is 5.71. The van der Waals surface area contributed by atoms with E-state index >= 15 is 0 Å². The van der Waals surface area contributed by atoms with Crippen molar-refractivity contribution in [3.63, 3.8) is 0 Å². The molecule has 1 aromatic carbocycles. The minimum atomic E-state index is -0.576. The standard InChI is InChI=1S/C12H14ClN3O/c1-3-12(17)10-7-16(15-14-10)11-5-4-8(2)6-9(11)13/h4-7,12,17H,3H2,1-2H3. The fraction of sp³-hybridized carbons (Fsp3) is 0.333. The predicted octanol–water partition coefficient (Wildman–Crippen LogP) is 2.67. The summed E-state index contributed by atoms with van der Waals surface area (Å²) in [5.74, 6) is 0. The van der Waals surface area contributed by atoms with Gasteiger partial charge >= 0.3 is 0 Å². The Morgan fingerprint density at radius 2 is 2.24 bits per heavy atom. The van der Waals surface area contributed by atoms with Crippen LogP contribution >= 0.6 is 11.6 Å². The third-order valence-electron chi connectivity index (χ3n) is 2.59. The van der Waals surface area contributed by atoms with Gasteiger partial charge in [-0.05, 0) is 31.0 Å². The SMILES string of the molecule is CCC(O)c1cn(-c2ccc(C)cc2Cl)nn1. The van der Waals surface area contributed by atoms with Gasteiger partial charge in [0.2, 0.25) is 0 Å². The zero-order chi connectivity index (χ0) is 12.4. The molecule has 0 aliphatic heterocycles. The Hall–Kier alpha value is -1.39. The van der Waals surface area contributed by atoms with Crippen LogP contribution in [0, 0.1) is 6.92 Å². The third-order valence-corrected chi connectivity index (χ3v) is 2.89. The van der Waals surface area contributed by atoms with E-state index in [0.29, 0.717) is 17.1 Å². The van der Waals surface area contributed by atoms with Crippen molar-refractivity contribution in [2.45, 2.75) is 26.4 Å². The normalized spacial score (nSPS) is 12.7. The Bertz CT molecular complexity index is 524. The number of aliphatic hydroxyl groups excluding tert-OH is 1. The molecule has 0 saturated carbocycles. The fourth-order valence-electron chi connectivity index (χ4n) is 1.55. The summed E-state index contributed by atoms with van der Waals surface area (Å²) in [5, 5.41) is 18.2. The molecule has 0 bridgehead atoms. The monoisotopic (exact) mass is 251 g/mol. The molecule has 1 atom stereocenters. The predicted molar refractivity (Wildman–Crippen MR) is 66.4 cm³/mol. The number of hydrogen-bond donors (Lipinski definition) is 1. The van der Waals surface area contributed by atoms with Gasteiger partial charge in [0.1, 0.15) is 5.69 Å². The van der Waals surface area contributed by atoms with E-state index < -0.39 is 6.10 Å². The summed E-state index contributed by atoms with van der Waals surface area (Å²) >= 11 is 6.14. The van der Waals surface area contributed by atoms with Crippen molar-refractivity contribution in [3.8, 4) is 5.69 Å². The molecule has 17 heavy (non-hydrogen) atoms. The van der Waals surface area contributed by atoms with Crippen LogP contribution in [0.1, 0.15) is 30.7 Å². The van der Waals surface area contributed by atoms with Crippen LogP contribution in [0.2, 0.25) is 5.02 Å². The third kappa shape index (κ3) is 2.48. The van der Waals surface area contributed by atoms with Gasteiger partial charge in [-0.25, -0.2) is 4.68 Å². The lowest BCUT2D eigenvalue weighted by Crippen LogP contribution is -1.96. The number of rotatable bonds is 3. The summed E-state index contributed by atoms with van der Waals surface area (Å²) in [5.41, 5.74) is 2.41. The van der Waals surface area contributed by atoms with Gasteiger partial charge < -0.3 is 5.11 Å². The molecular formula is C12H14ClN3O. The van der Waals surface area contributed by atoms with Gasteiger partial charge in [0.25, 0.3) is 0 Å². The molecule has 0 spiro atoms. The quantitative estimate of drug-likeness (QED) is 0.913. The molecule has 90 valence electrons. The van der Waals surface area contributed by atoms with Crippen molar-refractivity contribution in [1.29, 1.82) is 0 Å². The molecule has 4 nitrogen and oxygen atoms in total. The highest BCUT2D eigenvalue weighted by Crippen LogP contribution is 2.22. The van der Waals surface area contributed by atoms with E-state index in [0.717, 1.165) is 11.3 Å². The second-order valence-electron chi connectivity index (χ2n) is 3.97. The van der Waals surface area contributed by atoms with Crippen LogP contribution in [0.15, 0.2) is 24.4 Å². The van der Waals surface area contributed by atoms with Crippen molar-refractivity contribution in [3.05, 3.63) is 40.7 Å².